The molecule has 0 heterocycles. The highest BCUT2D eigenvalue weighted by Gasteiger charge is 2.26. The van der Waals surface area contributed by atoms with Crippen LogP contribution in [-0.2, 0) is 27.5 Å². The van der Waals surface area contributed by atoms with Gasteiger partial charge in [-0.2, -0.15) is 0 Å². The first kappa shape index (κ1) is 37.9. The molecule has 0 radical (unpaired) electrons. The first-order chi connectivity index (χ1) is 24.1. The number of nitrogens with one attached hydrogen (secondary N) is 1. The molecule has 1 N–H and O–H groups in total. The van der Waals surface area contributed by atoms with Crippen molar-refractivity contribution in [1.82, 2.24) is 5.32 Å². The minimum atomic E-state index is -0.254. The van der Waals surface area contributed by atoms with Crippen LogP contribution in [0.1, 0.15) is 85.8 Å². The number of amides is 1. The molecule has 2 unspecified atom stereocenters. The van der Waals surface area contributed by atoms with Crippen molar-refractivity contribution in [1.29, 1.82) is 0 Å². The van der Waals surface area contributed by atoms with Gasteiger partial charge in [0.15, 0.2) is 0 Å². The maximum Gasteiger partial charge on any atom is 0.306 e. The number of benzene rings is 4. The molecule has 1 fully saturated rings. The van der Waals surface area contributed by atoms with E-state index in [1.54, 1.807) is 12.1 Å². The van der Waals surface area contributed by atoms with Gasteiger partial charge < -0.3 is 14.8 Å². The second-order valence-electron chi connectivity index (χ2n) is 13.6. The van der Waals surface area contributed by atoms with Gasteiger partial charge in [-0.25, -0.2) is 4.39 Å². The molecule has 0 aliphatic heterocycles. The number of halogens is 1. The first-order valence-corrected chi connectivity index (χ1v) is 17.6. The highest BCUT2D eigenvalue weighted by Crippen LogP contribution is 2.34. The standard InChI is InChI=1S/C29H39NO4.C15H11F/c1-21-6-8-24(9-7-21)19-30-28(31)5-4-14-33-27-12-10-25(11-13-27)20-34-29(32)18-26-16-22(2)15-23(3)17-26;1-12-5-7-13(8-6-12)9-10-14-3-2-4-15(16)11-14/h6-13,22-23,26H,4-5,14-20H2,1-3H3,(H,30,31);2-8,11H,1H3. The van der Waals surface area contributed by atoms with Crippen molar-refractivity contribution in [3.05, 3.63) is 136 Å². The van der Waals surface area contributed by atoms with Gasteiger partial charge in [-0.05, 0) is 111 Å². The first-order valence-electron chi connectivity index (χ1n) is 17.6. The Hall–Kier alpha value is -4.89. The molecular weight excluding hydrogens is 625 g/mol. The molecule has 5 rings (SSSR count). The van der Waals surface area contributed by atoms with E-state index in [9.17, 15) is 14.0 Å². The van der Waals surface area contributed by atoms with Crippen molar-refractivity contribution in [3.8, 4) is 17.6 Å². The SMILES string of the molecule is Cc1ccc(C#Cc2cccc(F)c2)cc1.Cc1ccc(CNC(=O)CCCOc2ccc(COC(=O)CC3CC(C)CC(C)C3)cc2)cc1. The summed E-state index contributed by atoms with van der Waals surface area (Å²) in [6, 6.07) is 30.0. The molecule has 0 saturated heterocycles. The third kappa shape index (κ3) is 14.3. The van der Waals surface area contributed by atoms with E-state index in [1.165, 1.54) is 29.7 Å². The zero-order valence-electron chi connectivity index (χ0n) is 29.8. The summed E-state index contributed by atoms with van der Waals surface area (Å²) in [6.07, 6.45) is 5.12. The summed E-state index contributed by atoms with van der Waals surface area (Å²) in [7, 11) is 0. The number of rotatable bonds is 11. The minimum Gasteiger partial charge on any atom is -0.494 e. The van der Waals surface area contributed by atoms with Crippen LogP contribution in [-0.4, -0.2) is 18.5 Å². The van der Waals surface area contributed by atoms with Gasteiger partial charge in [0, 0.05) is 30.5 Å². The lowest BCUT2D eigenvalue weighted by atomic mass is 9.75. The molecule has 1 aliphatic carbocycles. The van der Waals surface area contributed by atoms with Crippen LogP contribution in [0.3, 0.4) is 0 Å². The zero-order chi connectivity index (χ0) is 35.7. The Kier molecular flexibility index (Phi) is 15.1. The van der Waals surface area contributed by atoms with Crippen LogP contribution in [0, 0.1) is 49.3 Å². The minimum absolute atomic E-state index is 0.0264. The average molecular weight is 676 g/mol. The van der Waals surface area contributed by atoms with Gasteiger partial charge >= 0.3 is 5.97 Å². The summed E-state index contributed by atoms with van der Waals surface area (Å²) >= 11 is 0. The fourth-order valence-electron chi connectivity index (χ4n) is 6.19. The van der Waals surface area contributed by atoms with Gasteiger partial charge in [0.1, 0.15) is 18.2 Å². The highest BCUT2D eigenvalue weighted by molar-refractivity contribution is 5.75. The quantitative estimate of drug-likeness (QED) is 0.0977. The van der Waals surface area contributed by atoms with E-state index in [0.29, 0.717) is 55.7 Å². The largest absolute Gasteiger partial charge is 0.494 e. The summed E-state index contributed by atoms with van der Waals surface area (Å²) in [6.45, 7) is 9.94. The molecule has 5 nitrogen and oxygen atoms in total. The van der Waals surface area contributed by atoms with Crippen LogP contribution in [0.4, 0.5) is 4.39 Å². The topological polar surface area (TPSA) is 64.6 Å². The van der Waals surface area contributed by atoms with Gasteiger partial charge in [0.2, 0.25) is 5.91 Å². The third-order valence-corrected chi connectivity index (χ3v) is 8.71. The number of aryl methyl sites for hydroxylation is 2. The molecule has 4 aromatic rings. The second kappa shape index (κ2) is 19.9. The van der Waals surface area contributed by atoms with Gasteiger partial charge in [-0.3, -0.25) is 9.59 Å². The number of carbonyl (C=O) groups excluding carboxylic acids is 2. The zero-order valence-corrected chi connectivity index (χ0v) is 29.8. The normalized spacial score (nSPS) is 16.5. The molecule has 2 atom stereocenters. The Balaban J connectivity index is 0.000000291. The van der Waals surface area contributed by atoms with E-state index in [2.05, 4.69) is 31.0 Å². The van der Waals surface area contributed by atoms with Gasteiger partial charge in [0.25, 0.3) is 0 Å². The number of hydrogen-bond acceptors (Lipinski definition) is 4. The van der Waals surface area contributed by atoms with E-state index in [0.717, 1.165) is 35.3 Å². The summed E-state index contributed by atoms with van der Waals surface area (Å²) in [5.74, 6) is 8.19. The number of esters is 1. The monoisotopic (exact) mass is 675 g/mol. The summed E-state index contributed by atoms with van der Waals surface area (Å²) in [5, 5.41) is 2.94. The molecule has 4 aromatic carbocycles. The molecular formula is C44H50FNO4. The fraction of sp³-hybridized carbons (Fsp3) is 0.364. The average Bonchev–Trinajstić information content (AvgIpc) is 3.09. The molecule has 1 amide bonds. The number of carbonyl (C=O) groups is 2. The lowest BCUT2D eigenvalue weighted by Crippen LogP contribution is -2.22. The van der Waals surface area contributed by atoms with E-state index in [1.807, 2.05) is 86.6 Å². The Labute approximate surface area is 297 Å². The van der Waals surface area contributed by atoms with Crippen molar-refractivity contribution in [2.24, 2.45) is 17.8 Å². The lowest BCUT2D eigenvalue weighted by molar-refractivity contribution is -0.146. The predicted molar refractivity (Wildman–Crippen MR) is 198 cm³/mol. The highest BCUT2D eigenvalue weighted by atomic mass is 19.1. The van der Waals surface area contributed by atoms with Crippen LogP contribution in [0.5, 0.6) is 5.75 Å². The van der Waals surface area contributed by atoms with Crippen LogP contribution >= 0.6 is 0 Å². The second-order valence-corrected chi connectivity index (χ2v) is 13.6. The van der Waals surface area contributed by atoms with E-state index in [4.69, 9.17) is 9.47 Å². The number of ether oxygens (including phenoxy) is 2. The van der Waals surface area contributed by atoms with Crippen LogP contribution < -0.4 is 10.1 Å². The maximum atomic E-state index is 12.9. The van der Waals surface area contributed by atoms with Crippen LogP contribution in [0.15, 0.2) is 97.1 Å². The molecule has 1 saturated carbocycles. The van der Waals surface area contributed by atoms with Crippen molar-refractivity contribution in [2.45, 2.75) is 79.4 Å². The van der Waals surface area contributed by atoms with Crippen LogP contribution in [0.25, 0.3) is 0 Å². The van der Waals surface area contributed by atoms with Gasteiger partial charge in [-0.1, -0.05) is 91.4 Å². The molecule has 0 bridgehead atoms. The Morgan fingerprint density at radius 1 is 0.780 bits per heavy atom. The van der Waals surface area contributed by atoms with Gasteiger partial charge in [0.05, 0.1) is 6.61 Å². The van der Waals surface area contributed by atoms with Crippen molar-refractivity contribution in [3.63, 3.8) is 0 Å². The Bertz CT molecular complexity index is 1690. The van der Waals surface area contributed by atoms with E-state index < -0.39 is 0 Å². The smallest absolute Gasteiger partial charge is 0.306 e. The van der Waals surface area contributed by atoms with Crippen molar-refractivity contribution in [2.75, 3.05) is 6.61 Å². The van der Waals surface area contributed by atoms with Crippen LogP contribution in [0.2, 0.25) is 0 Å². The molecule has 0 spiro atoms. The van der Waals surface area contributed by atoms with E-state index >= 15 is 0 Å². The Morgan fingerprint density at radius 2 is 1.40 bits per heavy atom. The number of hydrogen-bond donors (Lipinski definition) is 1. The molecule has 262 valence electrons. The van der Waals surface area contributed by atoms with Crippen molar-refractivity contribution >= 4 is 11.9 Å². The lowest BCUT2D eigenvalue weighted by Gasteiger charge is -2.30. The molecule has 1 aliphatic rings. The summed E-state index contributed by atoms with van der Waals surface area (Å²) < 4.78 is 24.1. The van der Waals surface area contributed by atoms with Gasteiger partial charge in [-0.15, -0.1) is 0 Å². The third-order valence-electron chi connectivity index (χ3n) is 8.71. The molecule has 50 heavy (non-hydrogen) atoms. The summed E-state index contributed by atoms with van der Waals surface area (Å²) in [4.78, 5) is 24.3. The molecule has 6 heteroatoms. The molecule has 0 aromatic heterocycles. The fourth-order valence-corrected chi connectivity index (χ4v) is 6.19. The van der Waals surface area contributed by atoms with Crippen molar-refractivity contribution < 1.29 is 23.5 Å². The summed E-state index contributed by atoms with van der Waals surface area (Å²) in [5.41, 5.74) is 6.09. The van der Waals surface area contributed by atoms with E-state index in [-0.39, 0.29) is 24.3 Å². The Morgan fingerprint density at radius 3 is 2.06 bits per heavy atom. The maximum absolute atomic E-state index is 12.9. The predicted octanol–water partition coefficient (Wildman–Crippen LogP) is 9.51.